The Morgan fingerprint density at radius 2 is 1.95 bits per heavy atom. The highest BCUT2D eigenvalue weighted by Gasteiger charge is 2.14. The summed E-state index contributed by atoms with van der Waals surface area (Å²) in [5.74, 6) is 0. The fourth-order valence-electron chi connectivity index (χ4n) is 2.19. The minimum absolute atomic E-state index is 0.196. The molecule has 0 spiro atoms. The van der Waals surface area contributed by atoms with E-state index in [4.69, 9.17) is 0 Å². The van der Waals surface area contributed by atoms with Crippen LogP contribution in [0, 0.1) is 24.0 Å². The molecule has 1 aromatic carbocycles. The summed E-state index contributed by atoms with van der Waals surface area (Å²) in [6.45, 7) is 8.05. The molecule has 1 rings (SSSR count). The van der Waals surface area contributed by atoms with Gasteiger partial charge in [-0.25, -0.2) is 0 Å². The van der Waals surface area contributed by atoms with E-state index in [1.807, 2.05) is 13.0 Å². The van der Waals surface area contributed by atoms with E-state index in [0.717, 1.165) is 17.7 Å². The third kappa shape index (κ3) is 4.54. The van der Waals surface area contributed by atoms with Crippen molar-refractivity contribution in [3.63, 3.8) is 0 Å². The van der Waals surface area contributed by atoms with Gasteiger partial charge in [0.1, 0.15) is 0 Å². The largest absolute Gasteiger partial charge is 0.382 e. The van der Waals surface area contributed by atoms with Crippen molar-refractivity contribution in [3.05, 3.63) is 33.4 Å². The van der Waals surface area contributed by atoms with Crippen LogP contribution in [0.15, 0.2) is 12.1 Å². The summed E-state index contributed by atoms with van der Waals surface area (Å²) in [6, 6.07) is 3.92. The second-order valence-corrected chi connectivity index (χ2v) is 5.25. The van der Waals surface area contributed by atoms with E-state index < -0.39 is 0 Å². The van der Waals surface area contributed by atoms with Gasteiger partial charge in [0.25, 0.3) is 5.69 Å². The minimum atomic E-state index is -0.323. The first-order chi connectivity index (χ1) is 8.95. The summed E-state index contributed by atoms with van der Waals surface area (Å²) < 4.78 is 0. The van der Waals surface area contributed by atoms with Crippen LogP contribution in [-0.2, 0) is 0 Å². The molecule has 4 nitrogen and oxygen atoms in total. The Hall–Kier alpha value is -1.58. The molecule has 0 saturated heterocycles. The highest BCUT2D eigenvalue weighted by Crippen LogP contribution is 2.26. The Bertz CT molecular complexity index is 444. The van der Waals surface area contributed by atoms with Crippen LogP contribution in [0.3, 0.4) is 0 Å². The Morgan fingerprint density at radius 1 is 1.26 bits per heavy atom. The maximum absolute atomic E-state index is 10.9. The lowest BCUT2D eigenvalue weighted by atomic mass is 10.1. The molecule has 1 N–H and O–H groups in total. The topological polar surface area (TPSA) is 55.2 Å². The number of hydrogen-bond acceptors (Lipinski definition) is 3. The Morgan fingerprint density at radius 3 is 2.53 bits per heavy atom. The number of nitrogens with one attached hydrogen (secondary N) is 1. The molecular formula is C15H24N2O2. The first-order valence-electron chi connectivity index (χ1n) is 6.97. The predicted molar refractivity (Wildman–Crippen MR) is 79.8 cm³/mol. The molecular weight excluding hydrogens is 240 g/mol. The predicted octanol–water partition coefficient (Wildman–Crippen LogP) is 4.59. The van der Waals surface area contributed by atoms with Gasteiger partial charge in [-0.2, -0.15) is 0 Å². The van der Waals surface area contributed by atoms with Crippen molar-refractivity contribution >= 4 is 11.4 Å². The van der Waals surface area contributed by atoms with Crippen molar-refractivity contribution in [1.82, 2.24) is 0 Å². The van der Waals surface area contributed by atoms with Crippen molar-refractivity contribution in [2.45, 2.75) is 59.4 Å². The third-order valence-electron chi connectivity index (χ3n) is 3.38. The molecule has 1 aromatic rings. The lowest BCUT2D eigenvalue weighted by Gasteiger charge is -2.17. The number of nitro benzene ring substituents is 1. The summed E-state index contributed by atoms with van der Waals surface area (Å²) in [5.41, 5.74) is 2.84. The molecule has 0 aliphatic rings. The van der Waals surface area contributed by atoms with Gasteiger partial charge >= 0.3 is 0 Å². The zero-order chi connectivity index (χ0) is 14.4. The summed E-state index contributed by atoms with van der Waals surface area (Å²) in [6.07, 6.45) is 4.83. The van der Waals surface area contributed by atoms with Crippen molar-refractivity contribution in [2.75, 3.05) is 5.32 Å². The van der Waals surface area contributed by atoms with Crippen molar-refractivity contribution in [3.8, 4) is 0 Å². The standard InChI is InChI=1S/C15H24N2O2/c1-5-6-7-8-13(4)16-14-9-12(3)15(17(18)19)10-11(14)2/h9-10,13,16H,5-8H2,1-4H3. The molecule has 0 heterocycles. The normalized spacial score (nSPS) is 12.2. The molecule has 0 aromatic heterocycles. The van der Waals surface area contributed by atoms with Crippen LogP contribution in [-0.4, -0.2) is 11.0 Å². The molecule has 0 fully saturated rings. The molecule has 0 aliphatic heterocycles. The number of unbranched alkanes of at least 4 members (excludes halogenated alkanes) is 2. The second-order valence-electron chi connectivity index (χ2n) is 5.25. The number of aryl methyl sites for hydroxylation is 2. The monoisotopic (exact) mass is 264 g/mol. The van der Waals surface area contributed by atoms with Gasteiger partial charge in [0, 0.05) is 23.4 Å². The molecule has 106 valence electrons. The Kier molecular flexibility index (Phi) is 5.80. The lowest BCUT2D eigenvalue weighted by molar-refractivity contribution is -0.385. The number of anilines is 1. The Balaban J connectivity index is 2.74. The van der Waals surface area contributed by atoms with Gasteiger partial charge in [-0.05, 0) is 38.8 Å². The molecule has 0 radical (unpaired) electrons. The van der Waals surface area contributed by atoms with E-state index in [2.05, 4.69) is 19.2 Å². The van der Waals surface area contributed by atoms with E-state index in [-0.39, 0.29) is 10.6 Å². The van der Waals surface area contributed by atoms with Gasteiger partial charge in [-0.1, -0.05) is 26.2 Å². The van der Waals surface area contributed by atoms with Gasteiger partial charge < -0.3 is 5.32 Å². The smallest absolute Gasteiger partial charge is 0.272 e. The maximum Gasteiger partial charge on any atom is 0.272 e. The highest BCUT2D eigenvalue weighted by molar-refractivity contribution is 5.59. The van der Waals surface area contributed by atoms with E-state index >= 15 is 0 Å². The highest BCUT2D eigenvalue weighted by atomic mass is 16.6. The fourth-order valence-corrected chi connectivity index (χ4v) is 2.19. The molecule has 0 aliphatic carbocycles. The number of rotatable bonds is 7. The SMILES string of the molecule is CCCCCC(C)Nc1cc(C)c([N+](=O)[O-])cc1C. The molecule has 4 heteroatoms. The van der Waals surface area contributed by atoms with Crippen molar-refractivity contribution < 1.29 is 4.92 Å². The van der Waals surface area contributed by atoms with Crippen molar-refractivity contribution in [1.29, 1.82) is 0 Å². The van der Waals surface area contributed by atoms with Gasteiger partial charge in [-0.15, -0.1) is 0 Å². The van der Waals surface area contributed by atoms with Crippen molar-refractivity contribution in [2.24, 2.45) is 0 Å². The zero-order valence-electron chi connectivity index (χ0n) is 12.3. The van der Waals surface area contributed by atoms with Gasteiger partial charge in [-0.3, -0.25) is 10.1 Å². The first kappa shape index (κ1) is 15.5. The van der Waals surface area contributed by atoms with Crippen LogP contribution < -0.4 is 5.32 Å². The summed E-state index contributed by atoms with van der Waals surface area (Å²) in [5, 5.41) is 14.3. The fraction of sp³-hybridized carbons (Fsp3) is 0.600. The van der Waals surface area contributed by atoms with Gasteiger partial charge in [0.2, 0.25) is 0 Å². The summed E-state index contributed by atoms with van der Waals surface area (Å²) in [7, 11) is 0. The van der Waals surface area contributed by atoms with Crippen LogP contribution in [0.25, 0.3) is 0 Å². The first-order valence-corrected chi connectivity index (χ1v) is 6.97. The van der Waals surface area contributed by atoms with Gasteiger partial charge in [0.15, 0.2) is 0 Å². The molecule has 0 saturated carbocycles. The van der Waals surface area contributed by atoms with E-state index in [9.17, 15) is 10.1 Å². The lowest BCUT2D eigenvalue weighted by Crippen LogP contribution is -2.16. The van der Waals surface area contributed by atoms with E-state index in [0.29, 0.717) is 11.6 Å². The van der Waals surface area contributed by atoms with Crippen LogP contribution in [0.4, 0.5) is 11.4 Å². The van der Waals surface area contributed by atoms with Crippen LogP contribution in [0.5, 0.6) is 0 Å². The van der Waals surface area contributed by atoms with E-state index in [1.54, 1.807) is 13.0 Å². The van der Waals surface area contributed by atoms with Crippen LogP contribution in [0.2, 0.25) is 0 Å². The molecule has 19 heavy (non-hydrogen) atoms. The average molecular weight is 264 g/mol. The van der Waals surface area contributed by atoms with E-state index in [1.165, 1.54) is 19.3 Å². The molecule has 1 unspecified atom stereocenters. The number of nitrogens with zero attached hydrogens (tertiary/aromatic N) is 1. The van der Waals surface area contributed by atoms with Crippen LogP contribution >= 0.6 is 0 Å². The molecule has 1 atom stereocenters. The number of nitro groups is 1. The average Bonchev–Trinajstić information content (AvgIpc) is 2.33. The summed E-state index contributed by atoms with van der Waals surface area (Å²) in [4.78, 5) is 10.5. The molecule has 0 amide bonds. The Labute approximate surface area is 115 Å². The van der Waals surface area contributed by atoms with Crippen LogP contribution in [0.1, 0.15) is 50.7 Å². The van der Waals surface area contributed by atoms with Gasteiger partial charge in [0.05, 0.1) is 4.92 Å². The number of benzene rings is 1. The maximum atomic E-state index is 10.9. The minimum Gasteiger partial charge on any atom is -0.382 e. The third-order valence-corrected chi connectivity index (χ3v) is 3.38. The second kappa shape index (κ2) is 7.12. The number of hydrogen-bond donors (Lipinski definition) is 1. The summed E-state index contributed by atoms with van der Waals surface area (Å²) >= 11 is 0. The molecule has 0 bridgehead atoms. The zero-order valence-corrected chi connectivity index (χ0v) is 12.3. The quantitative estimate of drug-likeness (QED) is 0.445.